The van der Waals surface area contributed by atoms with E-state index in [1.165, 1.54) is 32.1 Å². The Hall–Kier alpha value is -0.250. The van der Waals surface area contributed by atoms with Crippen molar-refractivity contribution >= 4 is 0 Å². The smallest absolute Gasteiger partial charge is 0.378 e. The third-order valence-electron chi connectivity index (χ3n) is 5.90. The first kappa shape index (κ1) is 19.1. The molecular weight excluding hydrogens is 301 g/mol. The molecule has 4 heteroatoms. The van der Waals surface area contributed by atoms with Crippen LogP contribution < -0.4 is 0 Å². The maximum Gasteiger partial charge on any atom is 0.389 e. The standard InChI is InChI=1S/C19H33F3O/c1-2-3-4-13-23-18-11-9-17(10-12-18)16-7-5-15(6-8-16)14-19(20,21)22/h15-18H,2-14H2,1H3/t15-,16-,17-,18-. The summed E-state index contributed by atoms with van der Waals surface area (Å²) >= 11 is 0. The monoisotopic (exact) mass is 334 g/mol. The van der Waals surface area contributed by atoms with E-state index in [9.17, 15) is 13.2 Å². The molecule has 0 saturated heterocycles. The molecule has 0 unspecified atom stereocenters. The molecule has 0 aliphatic heterocycles. The van der Waals surface area contributed by atoms with Crippen molar-refractivity contribution in [2.24, 2.45) is 17.8 Å². The van der Waals surface area contributed by atoms with Crippen molar-refractivity contribution < 1.29 is 17.9 Å². The lowest BCUT2D eigenvalue weighted by molar-refractivity contribution is -0.147. The fourth-order valence-electron chi connectivity index (χ4n) is 4.52. The number of ether oxygens (including phenoxy) is 1. The zero-order valence-corrected chi connectivity index (χ0v) is 14.5. The summed E-state index contributed by atoms with van der Waals surface area (Å²) < 4.78 is 43.4. The second kappa shape index (κ2) is 9.29. The first-order valence-electron chi connectivity index (χ1n) is 9.66. The van der Waals surface area contributed by atoms with Crippen LogP contribution in [0.25, 0.3) is 0 Å². The number of hydrogen-bond acceptors (Lipinski definition) is 1. The summed E-state index contributed by atoms with van der Waals surface area (Å²) in [7, 11) is 0. The van der Waals surface area contributed by atoms with Crippen LogP contribution in [0.15, 0.2) is 0 Å². The molecule has 0 heterocycles. The Labute approximate surface area is 139 Å². The lowest BCUT2D eigenvalue weighted by Gasteiger charge is -2.38. The predicted molar refractivity (Wildman–Crippen MR) is 87.3 cm³/mol. The Bertz CT molecular complexity index is 313. The number of alkyl halides is 3. The van der Waals surface area contributed by atoms with Crippen LogP contribution in [0.2, 0.25) is 0 Å². The second-order valence-corrected chi connectivity index (χ2v) is 7.71. The Morgan fingerprint density at radius 3 is 1.91 bits per heavy atom. The molecule has 0 aromatic heterocycles. The van der Waals surface area contributed by atoms with Gasteiger partial charge in [0.2, 0.25) is 0 Å². The van der Waals surface area contributed by atoms with Crippen molar-refractivity contribution in [3.63, 3.8) is 0 Å². The van der Waals surface area contributed by atoms with E-state index in [4.69, 9.17) is 4.74 Å². The molecule has 0 radical (unpaired) electrons. The lowest BCUT2D eigenvalue weighted by atomic mass is 9.70. The first-order chi connectivity index (χ1) is 11.0. The second-order valence-electron chi connectivity index (χ2n) is 7.71. The van der Waals surface area contributed by atoms with Crippen molar-refractivity contribution in [2.45, 2.75) is 96.3 Å². The molecule has 2 fully saturated rings. The highest BCUT2D eigenvalue weighted by atomic mass is 19.4. The minimum Gasteiger partial charge on any atom is -0.378 e. The fraction of sp³-hybridized carbons (Fsp3) is 1.00. The minimum absolute atomic E-state index is 0.121. The van der Waals surface area contributed by atoms with Gasteiger partial charge in [0.05, 0.1) is 6.10 Å². The maximum atomic E-state index is 12.5. The number of unbranched alkanes of at least 4 members (excludes halogenated alkanes) is 2. The van der Waals surface area contributed by atoms with Gasteiger partial charge in [-0.15, -0.1) is 0 Å². The molecular formula is C19H33F3O. The first-order valence-corrected chi connectivity index (χ1v) is 9.66. The van der Waals surface area contributed by atoms with Crippen molar-refractivity contribution in [2.75, 3.05) is 6.61 Å². The third-order valence-corrected chi connectivity index (χ3v) is 5.90. The summed E-state index contributed by atoms with van der Waals surface area (Å²) in [6, 6.07) is 0. The van der Waals surface area contributed by atoms with Crippen molar-refractivity contribution in [1.82, 2.24) is 0 Å². The van der Waals surface area contributed by atoms with Gasteiger partial charge in [-0.25, -0.2) is 0 Å². The summed E-state index contributed by atoms with van der Waals surface area (Å²) in [6.07, 6.45) is 7.82. The van der Waals surface area contributed by atoms with E-state index >= 15 is 0 Å². The SMILES string of the molecule is CCCCCO[C@H]1CC[C@H]([C@H]2CC[C@H](CC(F)(F)F)CC2)CC1. The molecule has 0 bridgehead atoms. The summed E-state index contributed by atoms with van der Waals surface area (Å²) in [5.41, 5.74) is 0. The van der Waals surface area contributed by atoms with Gasteiger partial charge in [0.1, 0.15) is 0 Å². The highest BCUT2D eigenvalue weighted by Gasteiger charge is 2.36. The Kier molecular flexibility index (Phi) is 7.71. The van der Waals surface area contributed by atoms with Crippen LogP contribution in [0.5, 0.6) is 0 Å². The van der Waals surface area contributed by atoms with Gasteiger partial charge in [0.15, 0.2) is 0 Å². The number of halogens is 3. The van der Waals surface area contributed by atoms with Crippen LogP contribution in [-0.2, 0) is 4.74 Å². The highest BCUT2D eigenvalue weighted by Crippen LogP contribution is 2.43. The van der Waals surface area contributed by atoms with Crippen LogP contribution >= 0.6 is 0 Å². The van der Waals surface area contributed by atoms with Crippen molar-refractivity contribution in [3.8, 4) is 0 Å². The Morgan fingerprint density at radius 1 is 0.826 bits per heavy atom. The van der Waals surface area contributed by atoms with Gasteiger partial charge in [-0.3, -0.25) is 0 Å². The largest absolute Gasteiger partial charge is 0.389 e. The lowest BCUT2D eigenvalue weighted by Crippen LogP contribution is -2.29. The normalized spacial score (nSPS) is 32.9. The third kappa shape index (κ3) is 7.03. The topological polar surface area (TPSA) is 9.23 Å². The molecule has 0 amide bonds. The molecule has 2 rings (SSSR count). The molecule has 0 aromatic carbocycles. The Balaban J connectivity index is 1.61. The van der Waals surface area contributed by atoms with Crippen LogP contribution in [0.1, 0.15) is 84.0 Å². The molecule has 1 nitrogen and oxygen atoms in total. The van der Waals surface area contributed by atoms with E-state index in [1.54, 1.807) is 0 Å². The van der Waals surface area contributed by atoms with E-state index in [0.717, 1.165) is 51.0 Å². The van der Waals surface area contributed by atoms with Crippen LogP contribution in [-0.4, -0.2) is 18.9 Å². The van der Waals surface area contributed by atoms with E-state index in [0.29, 0.717) is 12.0 Å². The van der Waals surface area contributed by atoms with E-state index in [2.05, 4.69) is 6.92 Å². The van der Waals surface area contributed by atoms with E-state index in [1.807, 2.05) is 0 Å². The van der Waals surface area contributed by atoms with Gasteiger partial charge < -0.3 is 4.74 Å². The van der Waals surface area contributed by atoms with Gasteiger partial charge >= 0.3 is 6.18 Å². The summed E-state index contributed by atoms with van der Waals surface area (Å²) in [4.78, 5) is 0. The van der Waals surface area contributed by atoms with Crippen LogP contribution in [0, 0.1) is 17.8 Å². The Morgan fingerprint density at radius 2 is 1.39 bits per heavy atom. The van der Waals surface area contributed by atoms with Gasteiger partial charge in [-0.1, -0.05) is 19.8 Å². The van der Waals surface area contributed by atoms with E-state index in [-0.39, 0.29) is 5.92 Å². The maximum absolute atomic E-state index is 12.5. The predicted octanol–water partition coefficient (Wildman–Crippen LogP) is 6.51. The van der Waals surface area contributed by atoms with Gasteiger partial charge in [-0.2, -0.15) is 13.2 Å². The zero-order chi connectivity index (χ0) is 16.7. The summed E-state index contributed by atoms with van der Waals surface area (Å²) in [6.45, 7) is 3.10. The summed E-state index contributed by atoms with van der Waals surface area (Å²) in [5.74, 6) is 1.28. The highest BCUT2D eigenvalue weighted by molar-refractivity contribution is 4.83. The van der Waals surface area contributed by atoms with Gasteiger partial charge in [-0.05, 0) is 75.5 Å². The molecule has 2 saturated carbocycles. The molecule has 2 aliphatic carbocycles. The average Bonchev–Trinajstić information content (AvgIpc) is 2.52. The van der Waals surface area contributed by atoms with Crippen molar-refractivity contribution in [3.05, 3.63) is 0 Å². The quantitative estimate of drug-likeness (QED) is 0.482. The van der Waals surface area contributed by atoms with E-state index < -0.39 is 12.6 Å². The molecule has 0 spiro atoms. The number of hydrogen-bond donors (Lipinski definition) is 0. The zero-order valence-electron chi connectivity index (χ0n) is 14.5. The van der Waals surface area contributed by atoms with Crippen LogP contribution in [0.3, 0.4) is 0 Å². The van der Waals surface area contributed by atoms with Crippen molar-refractivity contribution in [1.29, 1.82) is 0 Å². The number of rotatable bonds is 7. The molecule has 0 atom stereocenters. The average molecular weight is 334 g/mol. The minimum atomic E-state index is -3.98. The molecule has 23 heavy (non-hydrogen) atoms. The van der Waals surface area contributed by atoms with Gasteiger partial charge in [0.25, 0.3) is 0 Å². The fourth-order valence-corrected chi connectivity index (χ4v) is 4.52. The molecule has 136 valence electrons. The molecule has 0 N–H and O–H groups in total. The van der Waals surface area contributed by atoms with Gasteiger partial charge in [0, 0.05) is 13.0 Å². The van der Waals surface area contributed by atoms with Crippen LogP contribution in [0.4, 0.5) is 13.2 Å². The summed E-state index contributed by atoms with van der Waals surface area (Å²) in [5, 5.41) is 0. The molecule has 0 aromatic rings. The molecule has 2 aliphatic rings.